The molecule has 4 saturated heterocycles. The number of hydrogen-bond acceptors (Lipinski definition) is 14. The molecule has 8 heterocycles. The van der Waals surface area contributed by atoms with Gasteiger partial charge in [0.15, 0.2) is 0 Å². The number of para-hydroxylation sites is 2. The molecule has 4 aliphatic heterocycles. The molecule has 0 spiro atoms. The van der Waals surface area contributed by atoms with Crippen LogP contribution >= 0.6 is 0 Å². The highest BCUT2D eigenvalue weighted by atomic mass is 19.1. The molecule has 12 aromatic rings. The fourth-order valence-corrected chi connectivity index (χ4v) is 19.9. The maximum atomic E-state index is 13.8. The van der Waals surface area contributed by atoms with E-state index in [-0.39, 0.29) is 29.4 Å². The molecule has 22 nitrogen and oxygen atoms in total. The molecule has 16 rings (SSSR count). The fourth-order valence-electron chi connectivity index (χ4n) is 19.9. The van der Waals surface area contributed by atoms with Crippen molar-refractivity contribution in [2.45, 2.75) is 119 Å². The summed E-state index contributed by atoms with van der Waals surface area (Å²) in [6, 6.07) is 63.7. The number of hydrogen-bond donors (Lipinski definition) is 0. The second-order valence-electron chi connectivity index (χ2n) is 38.5. The summed E-state index contributed by atoms with van der Waals surface area (Å²) in [4.78, 5) is 81.5. The van der Waals surface area contributed by atoms with Gasteiger partial charge < -0.3 is 66.9 Å². The molecule has 8 aromatic carbocycles. The monoisotopic (exact) mass is 1840 g/mol. The Hall–Kier alpha value is -11.0. The zero-order valence-corrected chi connectivity index (χ0v) is 83.8. The third-order valence-electron chi connectivity index (χ3n) is 27.8. The summed E-state index contributed by atoms with van der Waals surface area (Å²) in [7, 11) is 20.2. The van der Waals surface area contributed by atoms with E-state index < -0.39 is 0 Å². The lowest BCUT2D eigenvalue weighted by molar-refractivity contribution is 0.0633. The molecule has 0 aliphatic carbocycles. The fraction of sp³-hybridized carbons (Fsp3) is 0.464. The third-order valence-corrected chi connectivity index (χ3v) is 27.8. The highest BCUT2D eigenvalue weighted by Gasteiger charge is 2.33. The molecule has 4 fully saturated rings. The Bertz CT molecular complexity index is 5840. The maximum Gasteiger partial charge on any atom is 0.256 e. The van der Waals surface area contributed by atoms with Gasteiger partial charge in [0, 0.05) is 223 Å². The van der Waals surface area contributed by atoms with Gasteiger partial charge in [0.1, 0.15) is 17.3 Å². The van der Waals surface area contributed by atoms with Crippen LogP contribution < -0.4 is 9.47 Å². The van der Waals surface area contributed by atoms with Crippen LogP contribution in [0, 0.1) is 47.4 Å². The molecule has 4 aromatic heterocycles. The normalized spacial score (nSPS) is 14.9. The highest BCUT2D eigenvalue weighted by Crippen LogP contribution is 2.35. The first-order chi connectivity index (χ1) is 65.2. The van der Waals surface area contributed by atoms with E-state index in [0.29, 0.717) is 0 Å². The number of carbonyl (C=O) groups is 4. The quantitative estimate of drug-likeness (QED) is 0.0377. The molecule has 4 amide bonds. The Labute approximate surface area is 803 Å². The summed E-state index contributed by atoms with van der Waals surface area (Å²) in [5, 5.41) is 4.34. The van der Waals surface area contributed by atoms with Gasteiger partial charge >= 0.3 is 0 Å². The Balaban J connectivity index is 0.000000153. The minimum Gasteiger partial charge on any atom is -0.497 e. The molecule has 0 bridgehead atoms. The van der Waals surface area contributed by atoms with Crippen molar-refractivity contribution >= 4 is 67.2 Å². The first kappa shape index (κ1) is 101. The maximum absolute atomic E-state index is 13.8. The molecule has 4 aliphatic rings. The minimum atomic E-state index is -0.194. The Morgan fingerprint density at radius 2 is 0.563 bits per heavy atom. The number of rotatable bonds is 34. The van der Waals surface area contributed by atoms with Gasteiger partial charge in [0.05, 0.1) is 36.5 Å². The summed E-state index contributed by atoms with van der Waals surface area (Å²) in [6.45, 7) is 37.9. The molecule has 722 valence electrons. The number of nitrogens with zero attached hydrogens (tertiary/aromatic N) is 16. The standard InChI is InChI=1S/C29H40N4O2.C28H37FN4O.C28H38N4O2.C27H36N4O/c1-22-7-12-27-26(21-22)28(23(2)33(27)15-6-14-30(3)4)29(34)32-19-17-31(18-20-32)16-13-24-8-10-25(35-5)11-9-24;1-21-6-11-26-25(20-21)27(22(2)33(26)14-5-13-30(3)4)28(34)32-18-16-31(17-19-32)15-12-23-7-9-24(29)10-8-23;1-22-27(25-11-5-6-12-26(25)32(22)15-8-14-29(2)3)28(33)31-19-17-30(18-20-31)16-13-23-9-7-10-24(21-23)34-4;1-22-26(24-12-7-8-13-25(24)31(22)16-9-15-28(2)3)27(32)30-20-18-29(19-21-30)17-14-23-10-5-4-6-11-23/h7-12,21H,6,13-20H2,1-5H3;6-11,20H,5,12-19H2,1-4H3;5-7,9-12,21H,8,13-20H2,1-4H3;4-8,10-13H,9,14-21H2,1-3H3. The van der Waals surface area contributed by atoms with E-state index in [1.54, 1.807) is 14.2 Å². The number of fused-ring (bicyclic) bond motifs is 4. The van der Waals surface area contributed by atoms with E-state index in [1.165, 1.54) is 56.5 Å². The van der Waals surface area contributed by atoms with Crippen LogP contribution in [0.15, 0.2) is 188 Å². The zero-order chi connectivity index (χ0) is 95.8. The SMILES string of the molecule is COc1ccc(CCN2CCN(C(=O)c3c(C)n(CCCN(C)C)c4ccc(C)cc34)CC2)cc1.COc1cccc(CCN2CCN(C(=O)c3c(C)n(CCCN(C)C)c4ccccc34)CC2)c1.Cc1c(C(=O)N2CCN(CCc3ccccc3)CC2)c2ccccc2n1CCCN(C)C.Cc1ccc2c(c1)c(C(=O)N1CCN(CCc3ccc(F)cc3)CC1)c(C)n2CCCN(C)C. The second-order valence-corrected chi connectivity index (χ2v) is 38.5. The van der Waals surface area contributed by atoms with Crippen LogP contribution in [0.1, 0.15) is 123 Å². The van der Waals surface area contributed by atoms with Crippen molar-refractivity contribution in [3.63, 3.8) is 0 Å². The molecule has 0 radical (unpaired) electrons. The minimum absolute atomic E-state index is 0.151. The molecule has 23 heteroatoms. The van der Waals surface area contributed by atoms with E-state index in [1.807, 2.05) is 58.3 Å². The number of carbonyl (C=O) groups excluding carboxylic acids is 4. The first-order valence-corrected chi connectivity index (χ1v) is 49.3. The van der Waals surface area contributed by atoms with Gasteiger partial charge in [-0.1, -0.05) is 126 Å². The second kappa shape index (κ2) is 49.2. The molecule has 0 saturated carbocycles. The van der Waals surface area contributed by atoms with Gasteiger partial charge in [0.25, 0.3) is 23.6 Å². The number of aryl methyl sites for hydroxylation is 6. The Morgan fingerprint density at radius 1 is 0.281 bits per heavy atom. The van der Waals surface area contributed by atoms with Crippen LogP contribution in [0.2, 0.25) is 0 Å². The van der Waals surface area contributed by atoms with Gasteiger partial charge in [0.2, 0.25) is 0 Å². The van der Waals surface area contributed by atoms with Gasteiger partial charge in [-0.2, -0.15) is 0 Å². The first-order valence-electron chi connectivity index (χ1n) is 49.3. The summed E-state index contributed by atoms with van der Waals surface area (Å²) in [5.74, 6) is 2.30. The smallest absolute Gasteiger partial charge is 0.256 e. The predicted molar refractivity (Wildman–Crippen MR) is 552 cm³/mol. The van der Waals surface area contributed by atoms with Crippen LogP contribution in [0.25, 0.3) is 43.6 Å². The zero-order valence-electron chi connectivity index (χ0n) is 83.8. The lowest BCUT2D eigenvalue weighted by atomic mass is 10.1. The molecule has 135 heavy (non-hydrogen) atoms. The number of piperazine rings is 4. The Morgan fingerprint density at radius 3 is 0.889 bits per heavy atom. The molecular weight excluding hydrogens is 1680 g/mol. The van der Waals surface area contributed by atoms with Crippen LogP contribution in [-0.4, -0.2) is 328 Å². The van der Waals surface area contributed by atoms with Crippen molar-refractivity contribution in [3.05, 3.63) is 272 Å². The largest absolute Gasteiger partial charge is 0.497 e. The van der Waals surface area contributed by atoms with Gasteiger partial charge in [-0.15, -0.1) is 0 Å². The van der Waals surface area contributed by atoms with Crippen molar-refractivity contribution < 1.29 is 33.0 Å². The number of amides is 4. The van der Waals surface area contributed by atoms with Crippen molar-refractivity contribution in [3.8, 4) is 11.5 Å². The third kappa shape index (κ3) is 26.9. The van der Waals surface area contributed by atoms with Gasteiger partial charge in [-0.25, -0.2) is 4.39 Å². The van der Waals surface area contributed by atoms with Crippen molar-refractivity contribution in [1.29, 1.82) is 0 Å². The number of halogens is 1. The van der Waals surface area contributed by atoms with Crippen LogP contribution in [0.3, 0.4) is 0 Å². The average Bonchev–Trinajstić information content (AvgIpc) is 1.65. The predicted octanol–water partition coefficient (Wildman–Crippen LogP) is 16.4. The van der Waals surface area contributed by atoms with Gasteiger partial charge in [-0.05, 0) is 271 Å². The lowest BCUT2D eigenvalue weighted by Gasteiger charge is -2.35. The van der Waals surface area contributed by atoms with E-state index >= 15 is 0 Å². The van der Waals surface area contributed by atoms with Crippen LogP contribution in [-0.2, 0) is 51.9 Å². The van der Waals surface area contributed by atoms with Crippen LogP contribution in [0.5, 0.6) is 11.5 Å². The molecule has 0 N–H and O–H groups in total. The number of ether oxygens (including phenoxy) is 2. The molecule has 0 unspecified atom stereocenters. The topological polar surface area (TPSA) is 145 Å². The summed E-state index contributed by atoms with van der Waals surface area (Å²) >= 11 is 0. The lowest BCUT2D eigenvalue weighted by Crippen LogP contribution is -2.49. The molecule has 0 atom stereocenters. The Kier molecular flexibility index (Phi) is 36.9. The van der Waals surface area contributed by atoms with E-state index in [9.17, 15) is 23.6 Å². The highest BCUT2D eigenvalue weighted by molar-refractivity contribution is 6.11. The summed E-state index contributed by atoms with van der Waals surface area (Å²) in [6.07, 6.45) is 8.20. The van der Waals surface area contributed by atoms with Crippen molar-refractivity contribution in [1.82, 2.24) is 77.1 Å². The number of aromatic nitrogens is 4. The van der Waals surface area contributed by atoms with Gasteiger partial charge in [-0.3, -0.25) is 38.8 Å². The average molecular weight is 1840 g/mol. The number of benzene rings is 8. The van der Waals surface area contributed by atoms with Crippen molar-refractivity contribution in [2.75, 3.05) is 228 Å². The number of methoxy groups -OCH3 is 2. The molecular formula is C112H151FN16O6. The van der Waals surface area contributed by atoms with E-state index in [4.69, 9.17) is 9.47 Å². The van der Waals surface area contributed by atoms with E-state index in [2.05, 4.69) is 293 Å². The summed E-state index contributed by atoms with van der Waals surface area (Å²) < 4.78 is 33.1. The van der Waals surface area contributed by atoms with Crippen LogP contribution in [0.4, 0.5) is 4.39 Å². The van der Waals surface area contributed by atoms with Crippen molar-refractivity contribution in [2.24, 2.45) is 0 Å². The summed E-state index contributed by atoms with van der Waals surface area (Å²) in [5.41, 5.74) is 20.1. The van der Waals surface area contributed by atoms with E-state index in [0.717, 1.165) is 324 Å².